The third-order valence-electron chi connectivity index (χ3n) is 3.43. The molecule has 0 fully saturated rings. The van der Waals surface area contributed by atoms with Crippen LogP contribution >= 0.6 is 0 Å². The summed E-state index contributed by atoms with van der Waals surface area (Å²) in [5, 5.41) is 9.67. The minimum absolute atomic E-state index is 0.285. The van der Waals surface area contributed by atoms with E-state index >= 15 is 0 Å². The molecule has 0 bridgehead atoms. The molecule has 1 unspecified atom stereocenters. The molecule has 0 aliphatic carbocycles. The SMILES string of the molecule is CC1Nc2cccc3ccc(C(C)C)c(c23)N1. The summed E-state index contributed by atoms with van der Waals surface area (Å²) >= 11 is 0. The lowest BCUT2D eigenvalue weighted by molar-refractivity contribution is 0.850. The smallest absolute Gasteiger partial charge is 0.0935 e. The van der Waals surface area contributed by atoms with Crippen LogP contribution < -0.4 is 10.6 Å². The molecule has 1 heterocycles. The van der Waals surface area contributed by atoms with E-state index in [2.05, 4.69) is 61.7 Å². The number of anilines is 2. The zero-order chi connectivity index (χ0) is 12.0. The molecular weight excluding hydrogens is 208 g/mol. The van der Waals surface area contributed by atoms with E-state index in [9.17, 15) is 0 Å². The summed E-state index contributed by atoms with van der Waals surface area (Å²) in [5.74, 6) is 0.542. The van der Waals surface area contributed by atoms with Gasteiger partial charge in [0, 0.05) is 16.8 Å². The lowest BCUT2D eigenvalue weighted by Gasteiger charge is -2.29. The number of benzene rings is 2. The fraction of sp³-hybridized carbons (Fsp3) is 0.333. The lowest BCUT2D eigenvalue weighted by Crippen LogP contribution is -2.29. The first-order valence-electron chi connectivity index (χ1n) is 6.25. The predicted molar refractivity (Wildman–Crippen MR) is 74.7 cm³/mol. The third kappa shape index (κ3) is 1.55. The maximum absolute atomic E-state index is 3.56. The van der Waals surface area contributed by atoms with Crippen molar-refractivity contribution in [1.29, 1.82) is 0 Å². The molecule has 2 N–H and O–H groups in total. The topological polar surface area (TPSA) is 24.1 Å². The zero-order valence-corrected chi connectivity index (χ0v) is 10.5. The van der Waals surface area contributed by atoms with Crippen LogP contribution in [0.2, 0.25) is 0 Å². The average molecular weight is 226 g/mol. The van der Waals surface area contributed by atoms with Gasteiger partial charge in [-0.3, -0.25) is 0 Å². The van der Waals surface area contributed by atoms with Gasteiger partial charge in [-0.15, -0.1) is 0 Å². The van der Waals surface area contributed by atoms with E-state index in [1.165, 1.54) is 27.7 Å². The van der Waals surface area contributed by atoms with Gasteiger partial charge in [0.2, 0.25) is 0 Å². The Morgan fingerprint density at radius 1 is 1.06 bits per heavy atom. The highest BCUT2D eigenvalue weighted by molar-refractivity contribution is 6.06. The van der Waals surface area contributed by atoms with Crippen molar-refractivity contribution in [3.8, 4) is 0 Å². The second-order valence-corrected chi connectivity index (χ2v) is 5.10. The normalized spacial score (nSPS) is 18.0. The number of rotatable bonds is 1. The molecule has 2 aromatic carbocycles. The quantitative estimate of drug-likeness (QED) is 0.763. The second-order valence-electron chi connectivity index (χ2n) is 5.10. The number of hydrogen-bond donors (Lipinski definition) is 2. The second kappa shape index (κ2) is 3.66. The fourth-order valence-electron chi connectivity index (χ4n) is 2.64. The minimum Gasteiger partial charge on any atom is -0.365 e. The van der Waals surface area contributed by atoms with Crippen molar-refractivity contribution in [2.24, 2.45) is 0 Å². The van der Waals surface area contributed by atoms with Crippen molar-refractivity contribution in [1.82, 2.24) is 0 Å². The maximum atomic E-state index is 3.56. The van der Waals surface area contributed by atoms with Gasteiger partial charge in [-0.25, -0.2) is 0 Å². The van der Waals surface area contributed by atoms with E-state index in [0.29, 0.717) is 5.92 Å². The van der Waals surface area contributed by atoms with Gasteiger partial charge in [-0.1, -0.05) is 38.1 Å². The van der Waals surface area contributed by atoms with Crippen LogP contribution in [0.5, 0.6) is 0 Å². The van der Waals surface area contributed by atoms with E-state index in [4.69, 9.17) is 0 Å². The predicted octanol–water partition coefficient (Wildman–Crippen LogP) is 4.15. The van der Waals surface area contributed by atoms with Crippen LogP contribution in [0, 0.1) is 0 Å². The Kier molecular flexibility index (Phi) is 2.25. The average Bonchev–Trinajstić information content (AvgIpc) is 2.28. The molecule has 2 aromatic rings. The van der Waals surface area contributed by atoms with Crippen LogP contribution in [0.4, 0.5) is 11.4 Å². The molecule has 0 saturated carbocycles. The zero-order valence-electron chi connectivity index (χ0n) is 10.5. The Hall–Kier alpha value is -1.70. The van der Waals surface area contributed by atoms with E-state index in [1.807, 2.05) is 0 Å². The van der Waals surface area contributed by atoms with E-state index < -0.39 is 0 Å². The van der Waals surface area contributed by atoms with Crippen molar-refractivity contribution in [3.63, 3.8) is 0 Å². The van der Waals surface area contributed by atoms with Gasteiger partial charge < -0.3 is 10.6 Å². The summed E-state index contributed by atoms with van der Waals surface area (Å²) in [6.45, 7) is 6.64. The fourth-order valence-corrected chi connectivity index (χ4v) is 2.64. The third-order valence-corrected chi connectivity index (χ3v) is 3.43. The van der Waals surface area contributed by atoms with Crippen LogP contribution in [0.15, 0.2) is 30.3 Å². The van der Waals surface area contributed by atoms with E-state index in [-0.39, 0.29) is 6.17 Å². The monoisotopic (exact) mass is 226 g/mol. The van der Waals surface area contributed by atoms with Crippen molar-refractivity contribution in [3.05, 3.63) is 35.9 Å². The Bertz CT molecular complexity index is 572. The first-order chi connectivity index (χ1) is 8.16. The maximum Gasteiger partial charge on any atom is 0.0935 e. The molecule has 1 aliphatic rings. The largest absolute Gasteiger partial charge is 0.365 e. The summed E-state index contributed by atoms with van der Waals surface area (Å²) in [7, 11) is 0. The summed E-state index contributed by atoms with van der Waals surface area (Å²) < 4.78 is 0. The molecule has 1 aliphatic heterocycles. The molecule has 0 aromatic heterocycles. The lowest BCUT2D eigenvalue weighted by atomic mass is 9.94. The molecule has 0 radical (unpaired) electrons. The van der Waals surface area contributed by atoms with Gasteiger partial charge in [0.1, 0.15) is 0 Å². The summed E-state index contributed by atoms with van der Waals surface area (Å²) in [5.41, 5.74) is 3.95. The summed E-state index contributed by atoms with van der Waals surface area (Å²) in [4.78, 5) is 0. The summed E-state index contributed by atoms with van der Waals surface area (Å²) in [6.07, 6.45) is 0.285. The molecule has 2 nitrogen and oxygen atoms in total. The van der Waals surface area contributed by atoms with Gasteiger partial charge >= 0.3 is 0 Å². The molecule has 3 rings (SSSR count). The van der Waals surface area contributed by atoms with E-state index in [1.54, 1.807) is 0 Å². The first kappa shape index (κ1) is 10.5. The van der Waals surface area contributed by atoms with Gasteiger partial charge in [0.25, 0.3) is 0 Å². The van der Waals surface area contributed by atoms with Crippen LogP contribution in [0.25, 0.3) is 10.8 Å². The van der Waals surface area contributed by atoms with Crippen molar-refractivity contribution in [2.75, 3.05) is 10.6 Å². The molecule has 0 spiro atoms. The molecular formula is C15H18N2. The number of nitrogens with one attached hydrogen (secondary N) is 2. The highest BCUT2D eigenvalue weighted by atomic mass is 15.1. The van der Waals surface area contributed by atoms with Crippen LogP contribution in [-0.2, 0) is 0 Å². The van der Waals surface area contributed by atoms with Gasteiger partial charge in [0.05, 0.1) is 6.17 Å². The van der Waals surface area contributed by atoms with Crippen molar-refractivity contribution >= 4 is 22.1 Å². The molecule has 88 valence electrons. The van der Waals surface area contributed by atoms with Gasteiger partial charge in [-0.05, 0) is 29.9 Å². The van der Waals surface area contributed by atoms with Crippen LogP contribution in [0.3, 0.4) is 0 Å². The van der Waals surface area contributed by atoms with Gasteiger partial charge in [-0.2, -0.15) is 0 Å². The number of hydrogen-bond acceptors (Lipinski definition) is 2. The van der Waals surface area contributed by atoms with Crippen LogP contribution in [-0.4, -0.2) is 6.17 Å². The molecule has 17 heavy (non-hydrogen) atoms. The van der Waals surface area contributed by atoms with Crippen LogP contribution in [0.1, 0.15) is 32.3 Å². The Morgan fingerprint density at radius 2 is 1.88 bits per heavy atom. The Balaban J connectivity index is 2.37. The highest BCUT2D eigenvalue weighted by Gasteiger charge is 2.19. The Morgan fingerprint density at radius 3 is 2.65 bits per heavy atom. The standard InChI is InChI=1S/C15H18N2/c1-9(2)12-8-7-11-5-4-6-13-14(11)15(12)17-10(3)16-13/h4-10,16-17H,1-3H3. The van der Waals surface area contributed by atoms with Gasteiger partial charge in [0.15, 0.2) is 0 Å². The van der Waals surface area contributed by atoms with Crippen molar-refractivity contribution in [2.45, 2.75) is 32.9 Å². The molecule has 0 saturated heterocycles. The minimum atomic E-state index is 0.285. The first-order valence-corrected chi connectivity index (χ1v) is 6.25. The summed E-state index contributed by atoms with van der Waals surface area (Å²) in [6, 6.07) is 10.9. The highest BCUT2D eigenvalue weighted by Crippen LogP contribution is 2.39. The molecule has 0 amide bonds. The van der Waals surface area contributed by atoms with Crippen molar-refractivity contribution < 1.29 is 0 Å². The Labute approximate surface area is 102 Å². The molecule has 2 heteroatoms. The van der Waals surface area contributed by atoms with E-state index in [0.717, 1.165) is 0 Å². The molecule has 1 atom stereocenters.